The van der Waals surface area contributed by atoms with Gasteiger partial charge in [-0.2, -0.15) is 4.31 Å². The van der Waals surface area contributed by atoms with Crippen LogP contribution < -0.4 is 10.9 Å². The van der Waals surface area contributed by atoms with Crippen LogP contribution in [-0.4, -0.2) is 23.2 Å². The van der Waals surface area contributed by atoms with Gasteiger partial charge in [0.15, 0.2) is 0 Å². The average Bonchev–Trinajstić information content (AvgIpc) is 2.87. The van der Waals surface area contributed by atoms with Crippen LogP contribution in [0.15, 0.2) is 119 Å². The molecule has 0 radical (unpaired) electrons. The minimum absolute atomic E-state index is 0.0588. The molecule has 4 rings (SSSR count). The summed E-state index contributed by atoms with van der Waals surface area (Å²) in [6, 6.07) is 29.9. The van der Waals surface area contributed by atoms with Gasteiger partial charge in [0, 0.05) is 31.0 Å². The first kappa shape index (κ1) is 24.1. The quantitative estimate of drug-likeness (QED) is 0.388. The van der Waals surface area contributed by atoms with Gasteiger partial charge in [-0.25, -0.2) is 8.42 Å². The predicted molar refractivity (Wildman–Crippen MR) is 135 cm³/mol. The number of para-hydroxylation sites is 1. The first-order valence-electron chi connectivity index (χ1n) is 11.1. The third-order valence-electron chi connectivity index (χ3n) is 5.37. The van der Waals surface area contributed by atoms with Crippen molar-refractivity contribution in [2.75, 3.05) is 5.32 Å². The van der Waals surface area contributed by atoms with Crippen LogP contribution in [0.5, 0.6) is 0 Å². The second kappa shape index (κ2) is 10.9. The maximum Gasteiger partial charge on any atom is 0.251 e. The average molecular weight is 488 g/mol. The molecule has 0 spiro atoms. The van der Waals surface area contributed by atoms with Gasteiger partial charge in [-0.15, -0.1) is 0 Å². The van der Waals surface area contributed by atoms with E-state index < -0.39 is 21.5 Å². The van der Waals surface area contributed by atoms with Gasteiger partial charge in [0.05, 0.1) is 4.90 Å². The summed E-state index contributed by atoms with van der Waals surface area (Å²) in [6.07, 6.45) is 1.23. The zero-order valence-electron chi connectivity index (χ0n) is 18.9. The molecule has 4 aromatic rings. The number of anilines is 1. The third-order valence-corrected chi connectivity index (χ3v) is 7.14. The van der Waals surface area contributed by atoms with Crippen molar-refractivity contribution in [3.05, 3.63) is 131 Å². The predicted octanol–water partition coefficient (Wildman–Crippen LogP) is 3.88. The van der Waals surface area contributed by atoms with Crippen LogP contribution in [0.3, 0.4) is 0 Å². The van der Waals surface area contributed by atoms with Gasteiger partial charge in [-0.1, -0.05) is 78.9 Å². The Morgan fingerprint density at radius 2 is 1.26 bits per heavy atom. The summed E-state index contributed by atoms with van der Waals surface area (Å²) in [5.41, 5.74) is 1.79. The van der Waals surface area contributed by atoms with E-state index in [0.29, 0.717) is 5.69 Å². The fourth-order valence-electron chi connectivity index (χ4n) is 3.61. The van der Waals surface area contributed by atoms with E-state index >= 15 is 0 Å². The van der Waals surface area contributed by atoms with Crippen LogP contribution in [0.25, 0.3) is 0 Å². The third kappa shape index (κ3) is 6.32. The van der Waals surface area contributed by atoms with Crippen LogP contribution in [0.2, 0.25) is 0 Å². The summed E-state index contributed by atoms with van der Waals surface area (Å²) in [5.74, 6) is -0.432. The molecule has 1 N–H and O–H groups in total. The molecule has 1 heterocycles. The Labute approximate surface area is 204 Å². The Kier molecular flexibility index (Phi) is 7.54. The number of aromatic nitrogens is 1. The van der Waals surface area contributed by atoms with Crippen LogP contribution in [0.4, 0.5) is 5.69 Å². The van der Waals surface area contributed by atoms with E-state index in [1.54, 1.807) is 24.3 Å². The minimum atomic E-state index is -3.99. The summed E-state index contributed by atoms with van der Waals surface area (Å²) >= 11 is 0. The lowest BCUT2D eigenvalue weighted by Crippen LogP contribution is -2.32. The lowest BCUT2D eigenvalue weighted by Gasteiger charge is -2.23. The number of pyridine rings is 1. The van der Waals surface area contributed by atoms with Gasteiger partial charge in [0.1, 0.15) is 6.54 Å². The Bertz CT molecular complexity index is 1400. The van der Waals surface area contributed by atoms with E-state index in [1.807, 2.05) is 66.7 Å². The highest BCUT2D eigenvalue weighted by Crippen LogP contribution is 2.21. The lowest BCUT2D eigenvalue weighted by molar-refractivity contribution is -0.116. The van der Waals surface area contributed by atoms with Gasteiger partial charge in [-0.05, 0) is 29.3 Å². The largest absolute Gasteiger partial charge is 0.325 e. The van der Waals surface area contributed by atoms with Crippen molar-refractivity contribution >= 4 is 21.6 Å². The van der Waals surface area contributed by atoms with Gasteiger partial charge in [0.25, 0.3) is 5.56 Å². The minimum Gasteiger partial charge on any atom is -0.325 e. The molecule has 1 amide bonds. The molecule has 178 valence electrons. The van der Waals surface area contributed by atoms with E-state index in [9.17, 15) is 18.0 Å². The number of nitrogens with zero attached hydrogens (tertiary/aromatic N) is 2. The van der Waals surface area contributed by atoms with Crippen molar-refractivity contribution in [3.8, 4) is 0 Å². The molecule has 0 saturated heterocycles. The monoisotopic (exact) mass is 487 g/mol. The van der Waals surface area contributed by atoms with Crippen molar-refractivity contribution in [1.29, 1.82) is 0 Å². The summed E-state index contributed by atoms with van der Waals surface area (Å²) in [5, 5.41) is 2.71. The number of carbonyl (C=O) groups is 1. The molecule has 0 fully saturated rings. The fourth-order valence-corrected chi connectivity index (χ4v) is 5.05. The molecule has 8 heteroatoms. The Morgan fingerprint density at radius 1 is 0.743 bits per heavy atom. The van der Waals surface area contributed by atoms with Crippen molar-refractivity contribution in [2.45, 2.75) is 24.5 Å². The zero-order valence-corrected chi connectivity index (χ0v) is 19.8. The van der Waals surface area contributed by atoms with E-state index in [1.165, 1.54) is 22.6 Å². The van der Waals surface area contributed by atoms with E-state index in [0.717, 1.165) is 15.7 Å². The molecule has 0 unspecified atom stereocenters. The molecule has 0 aliphatic carbocycles. The van der Waals surface area contributed by atoms with Gasteiger partial charge in [-0.3, -0.25) is 9.59 Å². The molecule has 1 aromatic heterocycles. The first-order valence-corrected chi connectivity index (χ1v) is 12.5. The van der Waals surface area contributed by atoms with Gasteiger partial charge >= 0.3 is 0 Å². The van der Waals surface area contributed by atoms with Gasteiger partial charge < -0.3 is 9.88 Å². The molecule has 35 heavy (non-hydrogen) atoms. The number of carbonyl (C=O) groups excluding carboxylic acids is 1. The Morgan fingerprint density at radius 3 is 1.80 bits per heavy atom. The van der Waals surface area contributed by atoms with Gasteiger partial charge in [0.2, 0.25) is 15.9 Å². The summed E-state index contributed by atoms with van der Waals surface area (Å²) in [7, 11) is -3.99. The SMILES string of the molecule is O=C(Cn1cc(S(=O)(=O)N(Cc2ccccc2)Cc2ccccc2)ccc1=O)Nc1ccccc1. The number of rotatable bonds is 9. The topological polar surface area (TPSA) is 88.5 Å². The highest BCUT2D eigenvalue weighted by molar-refractivity contribution is 7.89. The first-order chi connectivity index (χ1) is 16.9. The summed E-state index contributed by atoms with van der Waals surface area (Å²) in [4.78, 5) is 24.8. The molecule has 0 bridgehead atoms. The van der Waals surface area contributed by atoms with E-state index in [2.05, 4.69) is 5.32 Å². The second-order valence-electron chi connectivity index (χ2n) is 7.99. The molecular formula is C27H25N3O4S. The molecule has 0 aliphatic heterocycles. The molecule has 0 aliphatic rings. The number of hydrogen-bond acceptors (Lipinski definition) is 4. The zero-order chi connectivity index (χ0) is 24.7. The van der Waals surface area contributed by atoms with Crippen molar-refractivity contribution in [3.63, 3.8) is 0 Å². The van der Waals surface area contributed by atoms with E-state index in [4.69, 9.17) is 0 Å². The molecular weight excluding hydrogens is 462 g/mol. The fraction of sp³-hybridized carbons (Fsp3) is 0.111. The summed E-state index contributed by atoms with van der Waals surface area (Å²) in [6.45, 7) is 0.00579. The number of nitrogens with one attached hydrogen (secondary N) is 1. The number of amides is 1. The maximum absolute atomic E-state index is 13.7. The highest BCUT2D eigenvalue weighted by Gasteiger charge is 2.26. The standard InChI is InChI=1S/C27H25N3O4S/c31-26(28-24-14-8-3-9-15-24)21-29-20-25(16-17-27(29)32)35(33,34)30(18-22-10-4-1-5-11-22)19-23-12-6-2-7-13-23/h1-17,20H,18-19,21H2,(H,28,31). The maximum atomic E-state index is 13.7. The molecule has 3 aromatic carbocycles. The van der Waals surface area contributed by atoms with Crippen molar-refractivity contribution < 1.29 is 13.2 Å². The van der Waals surface area contributed by atoms with Crippen LogP contribution in [0, 0.1) is 0 Å². The number of benzene rings is 3. The Hall–Kier alpha value is -4.01. The smallest absolute Gasteiger partial charge is 0.251 e. The highest BCUT2D eigenvalue weighted by atomic mass is 32.2. The number of hydrogen-bond donors (Lipinski definition) is 1. The summed E-state index contributed by atoms with van der Waals surface area (Å²) < 4.78 is 29.9. The second-order valence-corrected chi connectivity index (χ2v) is 9.93. The number of sulfonamides is 1. The van der Waals surface area contributed by atoms with E-state index in [-0.39, 0.29) is 24.5 Å². The van der Waals surface area contributed by atoms with Crippen molar-refractivity contribution in [1.82, 2.24) is 8.87 Å². The van der Waals surface area contributed by atoms with Crippen LogP contribution in [-0.2, 0) is 34.5 Å². The molecule has 0 atom stereocenters. The molecule has 0 saturated carbocycles. The normalized spacial score (nSPS) is 11.3. The van der Waals surface area contributed by atoms with Crippen LogP contribution in [0.1, 0.15) is 11.1 Å². The molecule has 7 nitrogen and oxygen atoms in total. The van der Waals surface area contributed by atoms with Crippen molar-refractivity contribution in [2.24, 2.45) is 0 Å². The van der Waals surface area contributed by atoms with Crippen LogP contribution >= 0.6 is 0 Å². The lowest BCUT2D eigenvalue weighted by atomic mass is 10.2. The Balaban J connectivity index is 1.62.